The van der Waals surface area contributed by atoms with E-state index < -0.39 is 0 Å². The van der Waals surface area contributed by atoms with Crippen LogP contribution >= 0.6 is 0 Å². The lowest BCUT2D eigenvalue weighted by Crippen LogP contribution is -2.20. The SMILES string of the molecule is O=C(CCNC1CC1)CCC1CCCO1. The van der Waals surface area contributed by atoms with Crippen LogP contribution in [0, 0.1) is 0 Å². The summed E-state index contributed by atoms with van der Waals surface area (Å²) in [6.07, 6.45) is 7.61. The van der Waals surface area contributed by atoms with Crippen molar-refractivity contribution in [3.8, 4) is 0 Å². The number of Topliss-reactive ketones (excluding diaryl/α,β-unsaturated/α-hetero) is 1. The van der Waals surface area contributed by atoms with Gasteiger partial charge in [0.1, 0.15) is 5.78 Å². The van der Waals surface area contributed by atoms with Crippen LogP contribution in [0.15, 0.2) is 0 Å². The van der Waals surface area contributed by atoms with E-state index in [1.165, 1.54) is 19.3 Å². The number of ether oxygens (including phenoxy) is 1. The standard InChI is InChI=1S/C12H21NO2/c14-11(7-8-13-10-3-4-10)5-6-12-2-1-9-15-12/h10,12-13H,1-9H2. The maximum absolute atomic E-state index is 11.5. The molecule has 0 amide bonds. The van der Waals surface area contributed by atoms with Gasteiger partial charge in [0.2, 0.25) is 0 Å². The molecule has 2 rings (SSSR count). The second-order valence-corrected chi connectivity index (χ2v) is 4.69. The Kier molecular flexibility index (Phi) is 4.15. The maximum Gasteiger partial charge on any atom is 0.134 e. The van der Waals surface area contributed by atoms with Crippen molar-refractivity contribution in [3.63, 3.8) is 0 Å². The highest BCUT2D eigenvalue weighted by Crippen LogP contribution is 2.19. The maximum atomic E-state index is 11.5. The Morgan fingerprint density at radius 3 is 2.80 bits per heavy atom. The van der Waals surface area contributed by atoms with Crippen LogP contribution in [0.3, 0.4) is 0 Å². The third-order valence-electron chi connectivity index (χ3n) is 3.18. The Hall–Kier alpha value is -0.410. The Bertz CT molecular complexity index is 208. The first-order valence-corrected chi connectivity index (χ1v) is 6.21. The van der Waals surface area contributed by atoms with Crippen LogP contribution in [-0.4, -0.2) is 31.1 Å². The van der Waals surface area contributed by atoms with Gasteiger partial charge in [-0.05, 0) is 32.1 Å². The van der Waals surface area contributed by atoms with Gasteiger partial charge >= 0.3 is 0 Å². The zero-order chi connectivity index (χ0) is 10.5. The zero-order valence-corrected chi connectivity index (χ0v) is 9.34. The fraction of sp³-hybridized carbons (Fsp3) is 0.917. The molecular weight excluding hydrogens is 190 g/mol. The zero-order valence-electron chi connectivity index (χ0n) is 9.34. The molecule has 1 heterocycles. The summed E-state index contributed by atoms with van der Waals surface area (Å²) in [5.74, 6) is 0.388. The van der Waals surface area contributed by atoms with Crippen molar-refractivity contribution in [1.82, 2.24) is 5.32 Å². The predicted octanol–water partition coefficient (Wildman–Crippen LogP) is 1.66. The molecule has 1 aliphatic heterocycles. The van der Waals surface area contributed by atoms with Gasteiger partial charge in [0.25, 0.3) is 0 Å². The van der Waals surface area contributed by atoms with E-state index in [9.17, 15) is 4.79 Å². The van der Waals surface area contributed by atoms with Crippen LogP contribution in [0.2, 0.25) is 0 Å². The summed E-state index contributed by atoms with van der Waals surface area (Å²) in [5.41, 5.74) is 0. The first kappa shape index (κ1) is 11.1. The van der Waals surface area contributed by atoms with E-state index in [-0.39, 0.29) is 0 Å². The molecule has 0 aromatic carbocycles. The Labute approximate surface area is 91.6 Å². The van der Waals surface area contributed by atoms with Gasteiger partial charge in [-0.3, -0.25) is 4.79 Å². The summed E-state index contributed by atoms with van der Waals surface area (Å²) in [6.45, 7) is 1.76. The molecule has 0 aromatic rings. The van der Waals surface area contributed by atoms with E-state index >= 15 is 0 Å². The molecule has 0 radical (unpaired) electrons. The largest absolute Gasteiger partial charge is 0.378 e. The van der Waals surface area contributed by atoms with Crippen LogP contribution in [-0.2, 0) is 9.53 Å². The Morgan fingerprint density at radius 1 is 1.27 bits per heavy atom. The van der Waals surface area contributed by atoms with E-state index in [1.807, 2.05) is 0 Å². The van der Waals surface area contributed by atoms with Crippen molar-refractivity contribution < 1.29 is 9.53 Å². The van der Waals surface area contributed by atoms with Crippen LogP contribution in [0.4, 0.5) is 0 Å². The molecule has 1 saturated carbocycles. The van der Waals surface area contributed by atoms with Crippen LogP contribution in [0.1, 0.15) is 44.9 Å². The lowest BCUT2D eigenvalue weighted by molar-refractivity contribution is -0.119. The van der Waals surface area contributed by atoms with Gasteiger partial charge in [0, 0.05) is 32.0 Å². The van der Waals surface area contributed by atoms with Gasteiger partial charge in [0.05, 0.1) is 6.10 Å². The first-order valence-electron chi connectivity index (χ1n) is 6.21. The number of rotatable bonds is 7. The summed E-state index contributed by atoms with van der Waals surface area (Å²) in [6, 6.07) is 0.718. The second-order valence-electron chi connectivity index (χ2n) is 4.69. The number of ketones is 1. The average molecular weight is 211 g/mol. The topological polar surface area (TPSA) is 38.3 Å². The van der Waals surface area contributed by atoms with Gasteiger partial charge in [-0.15, -0.1) is 0 Å². The molecule has 0 aromatic heterocycles. The number of hydrogen-bond acceptors (Lipinski definition) is 3. The summed E-state index contributed by atoms with van der Waals surface area (Å²) in [5, 5.41) is 3.36. The number of carbonyl (C=O) groups excluding carboxylic acids is 1. The number of hydrogen-bond donors (Lipinski definition) is 1. The molecule has 1 N–H and O–H groups in total. The van der Waals surface area contributed by atoms with Crippen molar-refractivity contribution in [2.75, 3.05) is 13.2 Å². The molecule has 86 valence electrons. The van der Waals surface area contributed by atoms with Crippen molar-refractivity contribution >= 4 is 5.78 Å². The van der Waals surface area contributed by atoms with E-state index in [4.69, 9.17) is 4.74 Å². The Balaban J connectivity index is 1.47. The smallest absolute Gasteiger partial charge is 0.134 e. The van der Waals surface area contributed by atoms with Crippen LogP contribution < -0.4 is 5.32 Å². The second kappa shape index (κ2) is 5.61. The van der Waals surface area contributed by atoms with Crippen molar-refractivity contribution in [2.24, 2.45) is 0 Å². The van der Waals surface area contributed by atoms with Gasteiger partial charge in [0.15, 0.2) is 0 Å². The van der Waals surface area contributed by atoms with Crippen LogP contribution in [0.25, 0.3) is 0 Å². The lowest BCUT2D eigenvalue weighted by Gasteiger charge is -2.08. The molecule has 3 heteroatoms. The summed E-state index contributed by atoms with van der Waals surface area (Å²) >= 11 is 0. The highest BCUT2D eigenvalue weighted by Gasteiger charge is 2.20. The minimum absolute atomic E-state index is 0.366. The fourth-order valence-corrected chi connectivity index (χ4v) is 2.02. The lowest BCUT2D eigenvalue weighted by atomic mass is 10.1. The van der Waals surface area contributed by atoms with Gasteiger partial charge in [-0.1, -0.05) is 0 Å². The minimum Gasteiger partial charge on any atom is -0.378 e. The summed E-state index contributed by atoms with van der Waals surface area (Å²) < 4.78 is 5.49. The number of carbonyl (C=O) groups is 1. The average Bonchev–Trinajstić information content (AvgIpc) is 2.91. The Morgan fingerprint density at radius 2 is 2.13 bits per heavy atom. The van der Waals surface area contributed by atoms with E-state index in [2.05, 4.69) is 5.32 Å². The number of nitrogens with one attached hydrogen (secondary N) is 1. The van der Waals surface area contributed by atoms with Gasteiger partial charge in [-0.2, -0.15) is 0 Å². The molecule has 1 saturated heterocycles. The molecule has 0 spiro atoms. The molecular formula is C12H21NO2. The highest BCUT2D eigenvalue weighted by atomic mass is 16.5. The van der Waals surface area contributed by atoms with Gasteiger partial charge < -0.3 is 10.1 Å². The van der Waals surface area contributed by atoms with Crippen molar-refractivity contribution in [1.29, 1.82) is 0 Å². The van der Waals surface area contributed by atoms with E-state index in [0.29, 0.717) is 24.7 Å². The normalized spacial score (nSPS) is 25.7. The molecule has 2 aliphatic rings. The fourth-order valence-electron chi connectivity index (χ4n) is 2.02. The highest BCUT2D eigenvalue weighted by molar-refractivity contribution is 5.78. The molecule has 0 bridgehead atoms. The quantitative estimate of drug-likeness (QED) is 0.696. The summed E-state index contributed by atoms with van der Waals surface area (Å²) in [4.78, 5) is 11.5. The monoisotopic (exact) mass is 211 g/mol. The van der Waals surface area contributed by atoms with Gasteiger partial charge in [-0.25, -0.2) is 0 Å². The molecule has 1 atom stereocenters. The minimum atomic E-state index is 0.366. The van der Waals surface area contributed by atoms with E-state index in [0.717, 1.165) is 32.0 Å². The first-order chi connectivity index (χ1) is 7.34. The third kappa shape index (κ3) is 4.31. The van der Waals surface area contributed by atoms with Crippen molar-refractivity contribution in [3.05, 3.63) is 0 Å². The van der Waals surface area contributed by atoms with Crippen molar-refractivity contribution in [2.45, 2.75) is 57.1 Å². The summed E-state index contributed by atoms with van der Waals surface area (Å²) in [7, 11) is 0. The molecule has 1 unspecified atom stereocenters. The molecule has 15 heavy (non-hydrogen) atoms. The molecule has 3 nitrogen and oxygen atoms in total. The molecule has 2 fully saturated rings. The molecule has 1 aliphatic carbocycles. The van der Waals surface area contributed by atoms with E-state index in [1.54, 1.807) is 0 Å². The predicted molar refractivity (Wildman–Crippen MR) is 58.9 cm³/mol. The third-order valence-corrected chi connectivity index (χ3v) is 3.18. The van der Waals surface area contributed by atoms with Crippen LogP contribution in [0.5, 0.6) is 0 Å².